The molecule has 0 aliphatic heterocycles. The molecule has 0 radical (unpaired) electrons. The second kappa shape index (κ2) is 25.1. The van der Waals surface area contributed by atoms with Crippen LogP contribution in [-0.4, -0.2) is 114 Å². The van der Waals surface area contributed by atoms with Crippen molar-refractivity contribution in [3.05, 3.63) is 163 Å². The number of imidazole rings is 3. The molecule has 12 heterocycles. The fraction of sp³-hybridized carbons (Fsp3) is 0.297. The number of halogens is 2. The lowest BCUT2D eigenvalue weighted by Crippen LogP contribution is -2.29. The average molecular weight is 1170 g/mol. The highest BCUT2D eigenvalue weighted by molar-refractivity contribution is 5.74. The Kier molecular flexibility index (Phi) is 16.3. The zero-order chi connectivity index (χ0) is 59.4. The molecule has 23 heteroatoms. The van der Waals surface area contributed by atoms with Gasteiger partial charge >= 0.3 is 0 Å². The second-order valence-corrected chi connectivity index (χ2v) is 22.4. The summed E-state index contributed by atoms with van der Waals surface area (Å²) in [4.78, 5) is 29.8. The first-order valence-corrected chi connectivity index (χ1v) is 29.6. The van der Waals surface area contributed by atoms with Gasteiger partial charge in [-0.3, -0.25) is 28.5 Å². The van der Waals surface area contributed by atoms with Crippen LogP contribution in [0.5, 0.6) is 0 Å². The molecule has 3 aliphatic carbocycles. The highest BCUT2D eigenvalue weighted by Gasteiger charge is 2.25. The van der Waals surface area contributed by atoms with Crippen LogP contribution in [0.4, 0.5) is 26.2 Å². The largest absolute Gasteiger partial charge is 0.392 e. The van der Waals surface area contributed by atoms with E-state index in [1.165, 1.54) is 57.6 Å². The maximum absolute atomic E-state index is 14.7. The first-order chi connectivity index (χ1) is 42.7. The summed E-state index contributed by atoms with van der Waals surface area (Å²) in [6.07, 6.45) is 35.5. The Labute approximate surface area is 498 Å². The fourth-order valence-corrected chi connectivity index (χ4v) is 12.3. The van der Waals surface area contributed by atoms with Crippen LogP contribution in [0.3, 0.4) is 0 Å². The van der Waals surface area contributed by atoms with Crippen molar-refractivity contribution in [3.8, 4) is 67.5 Å². The van der Waals surface area contributed by atoms with Gasteiger partial charge in [0.2, 0.25) is 0 Å². The fourth-order valence-electron chi connectivity index (χ4n) is 12.3. The molecule has 444 valence electrons. The lowest BCUT2D eigenvalue weighted by molar-refractivity contribution is 0.282. The van der Waals surface area contributed by atoms with E-state index in [0.29, 0.717) is 29.0 Å². The summed E-state index contributed by atoms with van der Waals surface area (Å²) >= 11 is 0. The second-order valence-electron chi connectivity index (χ2n) is 22.4. The Balaban J connectivity index is 0.000000121. The number of aliphatic hydroxyl groups is 3. The van der Waals surface area contributed by atoms with Gasteiger partial charge in [-0.05, 0) is 97.7 Å². The Morgan fingerprint density at radius 1 is 0.517 bits per heavy atom. The van der Waals surface area contributed by atoms with Gasteiger partial charge in [-0.2, -0.15) is 15.3 Å². The number of aliphatic hydroxyl groups excluding tert-OH is 3. The van der Waals surface area contributed by atoms with Crippen molar-refractivity contribution in [3.63, 3.8) is 0 Å². The molecule has 0 unspecified atom stereocenters. The van der Waals surface area contributed by atoms with Crippen molar-refractivity contribution >= 4 is 34.4 Å². The predicted molar refractivity (Wildman–Crippen MR) is 328 cm³/mol. The third-order valence-corrected chi connectivity index (χ3v) is 17.0. The molecule has 0 amide bonds. The van der Waals surface area contributed by atoms with Crippen LogP contribution >= 0.6 is 0 Å². The third kappa shape index (κ3) is 11.8. The smallest absolute Gasteiger partial charge is 0.168 e. The molecule has 0 spiro atoms. The summed E-state index contributed by atoms with van der Waals surface area (Å²) in [7, 11) is 2.14. The van der Waals surface area contributed by atoms with Gasteiger partial charge in [-0.1, -0.05) is 50.7 Å². The molecule has 8 N–H and O–H groups in total. The van der Waals surface area contributed by atoms with Crippen LogP contribution in [0.15, 0.2) is 135 Å². The van der Waals surface area contributed by atoms with E-state index in [4.69, 9.17) is 9.97 Å². The van der Waals surface area contributed by atoms with Gasteiger partial charge in [0.05, 0.1) is 85.5 Å². The van der Waals surface area contributed by atoms with Crippen LogP contribution < -0.4 is 15.5 Å². The summed E-state index contributed by atoms with van der Waals surface area (Å²) in [5.41, 5.74) is 13.6. The summed E-state index contributed by atoms with van der Waals surface area (Å²) in [5, 5.41) is 56.5. The van der Waals surface area contributed by atoms with Gasteiger partial charge in [0, 0.05) is 102 Å². The molecule has 3 aliphatic rings. The van der Waals surface area contributed by atoms with Crippen molar-refractivity contribution in [2.24, 2.45) is 0 Å². The molecular formula is C64H66F2N18O3. The first kappa shape index (κ1) is 56.4. The summed E-state index contributed by atoms with van der Waals surface area (Å²) in [6, 6.07) is 19.8. The van der Waals surface area contributed by atoms with Crippen molar-refractivity contribution in [2.45, 2.75) is 115 Å². The molecule has 0 aromatic carbocycles. The highest BCUT2D eigenvalue weighted by Crippen LogP contribution is 2.35. The van der Waals surface area contributed by atoms with E-state index < -0.39 is 11.6 Å². The molecule has 0 bridgehead atoms. The van der Waals surface area contributed by atoms with Crippen LogP contribution in [0, 0.1) is 11.6 Å². The first-order valence-electron chi connectivity index (χ1n) is 29.6. The van der Waals surface area contributed by atoms with Gasteiger partial charge in [-0.15, -0.1) is 0 Å². The van der Waals surface area contributed by atoms with Crippen LogP contribution in [0.2, 0.25) is 0 Å². The van der Waals surface area contributed by atoms with E-state index in [0.717, 1.165) is 122 Å². The van der Waals surface area contributed by atoms with E-state index in [1.807, 2.05) is 82.4 Å². The normalized spacial score (nSPS) is 14.7. The number of aromatic nitrogens is 15. The molecule has 15 rings (SSSR count). The van der Waals surface area contributed by atoms with Crippen molar-refractivity contribution < 1.29 is 24.1 Å². The zero-order valence-corrected chi connectivity index (χ0v) is 48.0. The summed E-state index contributed by atoms with van der Waals surface area (Å²) in [5.74, 6) is 0.476. The SMILES string of the molecule is CN(c1cccc(-c2cnc3cc(CO)c(-c4cn[nH]c4)cn23)n1)C1CCCC1.OCc1cc2ncc(-c3cccc(NC4CCCC4)n3)n2cc1-c1cn[nH]c1.OCc1cc2ncc(-c3nc(NC4CCCC4)c(F)cc3F)n2cc1-c1cn[nH]c1. The number of pyridine rings is 6. The van der Waals surface area contributed by atoms with E-state index in [9.17, 15) is 24.1 Å². The maximum Gasteiger partial charge on any atom is 0.168 e. The molecule has 3 saturated carbocycles. The number of aromatic amines is 3. The van der Waals surface area contributed by atoms with Crippen molar-refractivity contribution in [2.75, 3.05) is 22.6 Å². The predicted octanol–water partition coefficient (Wildman–Crippen LogP) is 11.2. The van der Waals surface area contributed by atoms with E-state index in [1.54, 1.807) is 41.5 Å². The molecule has 0 atom stereocenters. The van der Waals surface area contributed by atoms with Gasteiger partial charge in [-0.25, -0.2) is 38.7 Å². The van der Waals surface area contributed by atoms with Crippen LogP contribution in [0.25, 0.3) is 84.5 Å². The number of H-pyrrole nitrogens is 3. The monoisotopic (exact) mass is 1170 g/mol. The molecule has 0 saturated heterocycles. The topological polar surface area (TPSA) is 265 Å². The number of hydrogen-bond donors (Lipinski definition) is 8. The third-order valence-electron chi connectivity index (χ3n) is 17.0. The van der Waals surface area contributed by atoms with Crippen LogP contribution in [-0.2, 0) is 19.8 Å². The Hall–Kier alpha value is -9.71. The Bertz CT molecular complexity index is 4290. The van der Waals surface area contributed by atoms with Gasteiger partial charge < -0.3 is 30.9 Å². The molecular weight excluding hydrogens is 1110 g/mol. The number of rotatable bonds is 15. The number of fused-ring (bicyclic) bond motifs is 3. The molecule has 12 aromatic rings. The Morgan fingerprint density at radius 3 is 1.45 bits per heavy atom. The van der Waals surface area contributed by atoms with Gasteiger partial charge in [0.1, 0.15) is 34.3 Å². The molecule has 3 fully saturated rings. The van der Waals surface area contributed by atoms with E-state index in [-0.39, 0.29) is 37.4 Å². The quantitative estimate of drug-likeness (QED) is 0.0474. The van der Waals surface area contributed by atoms with E-state index in [2.05, 4.69) is 85.2 Å². The number of anilines is 3. The zero-order valence-electron chi connectivity index (χ0n) is 48.0. The van der Waals surface area contributed by atoms with Crippen molar-refractivity contribution in [1.29, 1.82) is 0 Å². The lowest BCUT2D eigenvalue weighted by atomic mass is 10.1. The maximum atomic E-state index is 14.7. The minimum Gasteiger partial charge on any atom is -0.392 e. The van der Waals surface area contributed by atoms with Crippen LogP contribution in [0.1, 0.15) is 93.7 Å². The standard InChI is InChI=1S/C22H24N6O.C21H20F2N6O.C21H22N6O/c1-27(17-5-2-3-6-17)21-8-4-7-19(26-21)20-12-23-22-9-15(14-29)18(13-28(20)22)16-10-24-25-11-16;22-16-6-17(23)21(27-14-3-1-2-4-14)28-20(16)18-9-24-19-5-12(11-30)15(10-29(18)19)13-7-25-26-8-13;28-13-14-8-21-22-11-19(27(21)12-17(14)15-9-23-24-10-15)18-6-3-7-20(26-18)25-16-4-1-2-5-16/h4,7-13,17,29H,2-3,5-6,14H2,1H3,(H,24,25);5-10,14,30H,1-4,11H2,(H,25,26)(H,27,28);3,6-12,16,28H,1-2,4-5,13H2,(H,23,24)(H,25,26). The van der Waals surface area contributed by atoms with Crippen molar-refractivity contribution in [1.82, 2.24) is 73.7 Å². The summed E-state index contributed by atoms with van der Waals surface area (Å²) in [6.45, 7) is -0.296. The molecule has 12 aromatic heterocycles. The van der Waals surface area contributed by atoms with E-state index >= 15 is 0 Å². The number of nitrogens with zero attached hydrogens (tertiary/aromatic N) is 13. The van der Waals surface area contributed by atoms with Gasteiger partial charge in [0.15, 0.2) is 17.5 Å². The van der Waals surface area contributed by atoms with Gasteiger partial charge in [0.25, 0.3) is 0 Å². The summed E-state index contributed by atoms with van der Waals surface area (Å²) < 4.78 is 34.8. The lowest BCUT2D eigenvalue weighted by Gasteiger charge is -2.25. The minimum absolute atomic E-state index is 0.0132. The molecule has 87 heavy (non-hydrogen) atoms. The Morgan fingerprint density at radius 2 is 0.966 bits per heavy atom. The number of hydrogen-bond acceptors (Lipinski definition) is 15. The minimum atomic E-state index is -0.762. The highest BCUT2D eigenvalue weighted by atomic mass is 19.1. The molecule has 21 nitrogen and oxygen atoms in total. The number of nitrogens with one attached hydrogen (secondary N) is 5. The average Bonchev–Trinajstić information content (AvgIpc) is 1.92.